The number of anilines is 1. The summed E-state index contributed by atoms with van der Waals surface area (Å²) in [6, 6.07) is 11.1. The fourth-order valence-corrected chi connectivity index (χ4v) is 4.42. The number of hydrogen-bond donors (Lipinski definition) is 1. The Hall–Kier alpha value is -3.08. The smallest absolute Gasteiger partial charge is 0.267 e. The normalized spacial score (nSPS) is 15.2. The van der Waals surface area contributed by atoms with Crippen molar-refractivity contribution in [2.45, 2.75) is 6.54 Å². The van der Waals surface area contributed by atoms with Crippen molar-refractivity contribution in [3.63, 3.8) is 0 Å². The van der Waals surface area contributed by atoms with Crippen molar-refractivity contribution in [3.05, 3.63) is 80.9 Å². The van der Waals surface area contributed by atoms with Crippen LogP contribution in [0.25, 0.3) is 11.7 Å². The van der Waals surface area contributed by atoms with Crippen LogP contribution in [-0.4, -0.2) is 44.8 Å². The Morgan fingerprint density at radius 1 is 1.22 bits per heavy atom. The van der Waals surface area contributed by atoms with Crippen molar-refractivity contribution in [1.29, 1.82) is 0 Å². The molecule has 3 heterocycles. The number of thioether (sulfide) groups is 1. The number of fused-ring (bicyclic) bond motifs is 1. The molecule has 164 valence electrons. The van der Waals surface area contributed by atoms with Gasteiger partial charge in [0.1, 0.15) is 21.6 Å². The number of rotatable bonds is 7. The van der Waals surface area contributed by atoms with Crippen LogP contribution >= 0.6 is 24.0 Å². The number of halogens is 1. The largest absolute Gasteiger partial charge is 0.383 e. The van der Waals surface area contributed by atoms with E-state index in [1.807, 2.05) is 0 Å². The van der Waals surface area contributed by atoms with Gasteiger partial charge < -0.3 is 10.1 Å². The third-order valence-corrected chi connectivity index (χ3v) is 6.15. The first-order valence-electron chi connectivity index (χ1n) is 9.72. The van der Waals surface area contributed by atoms with Gasteiger partial charge in [-0.25, -0.2) is 9.37 Å². The number of carbonyl (C=O) groups excluding carboxylic acids is 1. The van der Waals surface area contributed by atoms with Gasteiger partial charge in [-0.15, -0.1) is 0 Å². The molecule has 3 aromatic rings. The number of nitrogens with zero attached hydrogens (tertiary/aromatic N) is 3. The van der Waals surface area contributed by atoms with E-state index < -0.39 is 0 Å². The van der Waals surface area contributed by atoms with E-state index in [2.05, 4.69) is 10.3 Å². The topological polar surface area (TPSA) is 75.9 Å². The van der Waals surface area contributed by atoms with Gasteiger partial charge in [-0.2, -0.15) is 0 Å². The number of methoxy groups -OCH3 is 1. The van der Waals surface area contributed by atoms with Gasteiger partial charge in [0.2, 0.25) is 0 Å². The molecule has 0 saturated carbocycles. The maximum atomic E-state index is 13.2. The number of carbonyl (C=O) groups is 1. The first-order valence-corrected chi connectivity index (χ1v) is 10.9. The van der Waals surface area contributed by atoms with E-state index in [9.17, 15) is 14.0 Å². The molecule has 7 nitrogen and oxygen atoms in total. The van der Waals surface area contributed by atoms with Gasteiger partial charge in [0.05, 0.1) is 23.6 Å². The van der Waals surface area contributed by atoms with E-state index in [-0.39, 0.29) is 29.4 Å². The zero-order valence-electron chi connectivity index (χ0n) is 17.1. The van der Waals surface area contributed by atoms with Crippen molar-refractivity contribution in [3.8, 4) is 0 Å². The van der Waals surface area contributed by atoms with Crippen LogP contribution in [-0.2, 0) is 16.1 Å². The Morgan fingerprint density at radius 2 is 2.00 bits per heavy atom. The van der Waals surface area contributed by atoms with Crippen molar-refractivity contribution in [1.82, 2.24) is 14.3 Å². The Morgan fingerprint density at radius 3 is 2.75 bits per heavy atom. The highest BCUT2D eigenvalue weighted by atomic mass is 32.2. The molecule has 0 aliphatic carbocycles. The fourth-order valence-electron chi connectivity index (χ4n) is 3.18. The molecule has 1 amide bonds. The van der Waals surface area contributed by atoms with Crippen molar-refractivity contribution < 1.29 is 13.9 Å². The monoisotopic (exact) mass is 470 g/mol. The summed E-state index contributed by atoms with van der Waals surface area (Å²) in [6.07, 6.45) is 3.15. The third-order valence-electron chi connectivity index (χ3n) is 4.77. The van der Waals surface area contributed by atoms with Crippen LogP contribution in [0.4, 0.5) is 10.2 Å². The molecule has 1 N–H and O–H groups in total. The molecule has 4 rings (SSSR count). The van der Waals surface area contributed by atoms with Gasteiger partial charge in [0.25, 0.3) is 11.5 Å². The van der Waals surface area contributed by atoms with Crippen LogP contribution in [0.15, 0.2) is 58.4 Å². The summed E-state index contributed by atoms with van der Waals surface area (Å²) < 4.78 is 20.0. The number of nitrogens with one attached hydrogen (secondary N) is 1. The van der Waals surface area contributed by atoms with E-state index in [1.165, 1.54) is 27.5 Å². The molecule has 0 bridgehead atoms. The number of aromatic nitrogens is 2. The minimum atomic E-state index is -0.350. The molecule has 10 heteroatoms. The minimum Gasteiger partial charge on any atom is -0.383 e. The number of amides is 1. The SMILES string of the molecule is COCCNc1nc2ccccn2c(=O)c1/C=C1/SC(=S)N(Cc2ccc(F)cc2)C1=O. The van der Waals surface area contributed by atoms with E-state index in [1.54, 1.807) is 43.6 Å². The molecular weight excluding hydrogens is 451 g/mol. The van der Waals surface area contributed by atoms with Crippen LogP contribution in [0.2, 0.25) is 0 Å². The number of benzene rings is 1. The van der Waals surface area contributed by atoms with E-state index in [0.717, 1.165) is 17.3 Å². The fraction of sp³-hybridized carbons (Fsp3) is 0.182. The summed E-state index contributed by atoms with van der Waals surface area (Å²) in [7, 11) is 1.58. The second kappa shape index (κ2) is 9.60. The highest BCUT2D eigenvalue weighted by molar-refractivity contribution is 8.26. The zero-order valence-corrected chi connectivity index (χ0v) is 18.7. The van der Waals surface area contributed by atoms with Crippen LogP contribution < -0.4 is 10.9 Å². The van der Waals surface area contributed by atoms with Crippen molar-refractivity contribution in [2.24, 2.45) is 0 Å². The molecule has 1 aromatic carbocycles. The Labute approximate surface area is 192 Å². The average molecular weight is 471 g/mol. The molecule has 2 aromatic heterocycles. The average Bonchev–Trinajstić information content (AvgIpc) is 3.05. The lowest BCUT2D eigenvalue weighted by molar-refractivity contribution is -0.122. The number of thiocarbonyl (C=S) groups is 1. The summed E-state index contributed by atoms with van der Waals surface area (Å²) in [5.41, 5.74) is 1.18. The Balaban J connectivity index is 1.69. The van der Waals surface area contributed by atoms with E-state index in [0.29, 0.717) is 33.8 Å². The molecular formula is C22H19FN4O3S2. The highest BCUT2D eigenvalue weighted by Crippen LogP contribution is 2.34. The summed E-state index contributed by atoms with van der Waals surface area (Å²) in [5.74, 6) is -0.302. The standard InChI is InChI=1S/C22H19FN4O3S2/c1-30-11-9-24-19-16(20(28)26-10-3-2-4-18(26)25-19)12-17-21(29)27(22(31)32-17)13-14-5-7-15(23)8-6-14/h2-8,10,12,24H,9,11,13H2,1H3/b17-12+. The maximum Gasteiger partial charge on any atom is 0.267 e. The predicted molar refractivity (Wildman–Crippen MR) is 127 cm³/mol. The molecule has 0 unspecified atom stereocenters. The quantitative estimate of drug-likeness (QED) is 0.323. The number of hydrogen-bond acceptors (Lipinski definition) is 7. The third kappa shape index (κ3) is 4.57. The van der Waals surface area contributed by atoms with Crippen molar-refractivity contribution >= 4 is 51.7 Å². The first kappa shape index (κ1) is 22.1. The summed E-state index contributed by atoms with van der Waals surface area (Å²) in [4.78, 5) is 32.5. The first-order chi connectivity index (χ1) is 15.5. The second-order valence-corrected chi connectivity index (χ2v) is 8.60. The highest BCUT2D eigenvalue weighted by Gasteiger charge is 2.32. The van der Waals surface area contributed by atoms with Crippen LogP contribution in [0.3, 0.4) is 0 Å². The Bertz CT molecular complexity index is 1270. The van der Waals surface area contributed by atoms with Gasteiger partial charge >= 0.3 is 0 Å². The van der Waals surface area contributed by atoms with Gasteiger partial charge in [-0.05, 0) is 35.9 Å². The van der Waals surface area contributed by atoms with Gasteiger partial charge in [-0.3, -0.25) is 18.9 Å². The molecule has 1 fully saturated rings. The second-order valence-electron chi connectivity index (χ2n) is 6.92. The Kier molecular flexibility index (Phi) is 6.63. The van der Waals surface area contributed by atoms with E-state index >= 15 is 0 Å². The minimum absolute atomic E-state index is 0.218. The molecule has 0 atom stereocenters. The van der Waals surface area contributed by atoms with E-state index in [4.69, 9.17) is 17.0 Å². The van der Waals surface area contributed by atoms with Crippen LogP contribution in [0.1, 0.15) is 11.1 Å². The van der Waals surface area contributed by atoms with Crippen LogP contribution in [0.5, 0.6) is 0 Å². The molecule has 0 radical (unpaired) electrons. The molecule has 1 saturated heterocycles. The summed E-state index contributed by atoms with van der Waals surface area (Å²) in [6.45, 7) is 1.09. The van der Waals surface area contributed by atoms with Gasteiger partial charge in [-0.1, -0.05) is 42.2 Å². The lowest BCUT2D eigenvalue weighted by atomic mass is 10.2. The predicted octanol–water partition coefficient (Wildman–Crippen LogP) is 3.29. The number of ether oxygens (including phenoxy) is 1. The maximum absolute atomic E-state index is 13.2. The lowest BCUT2D eigenvalue weighted by Gasteiger charge is -2.14. The molecule has 0 spiro atoms. The van der Waals surface area contributed by atoms with Crippen LogP contribution in [0, 0.1) is 5.82 Å². The molecule has 1 aliphatic rings. The zero-order chi connectivity index (χ0) is 22.7. The number of pyridine rings is 1. The summed E-state index contributed by atoms with van der Waals surface area (Å²) in [5, 5.41) is 3.11. The summed E-state index contributed by atoms with van der Waals surface area (Å²) >= 11 is 6.50. The lowest BCUT2D eigenvalue weighted by Crippen LogP contribution is -2.27. The van der Waals surface area contributed by atoms with Gasteiger partial charge in [0, 0.05) is 19.9 Å². The molecule has 32 heavy (non-hydrogen) atoms. The van der Waals surface area contributed by atoms with Crippen molar-refractivity contribution in [2.75, 3.05) is 25.6 Å². The van der Waals surface area contributed by atoms with Gasteiger partial charge in [0.15, 0.2) is 0 Å². The molecule has 1 aliphatic heterocycles.